The van der Waals surface area contributed by atoms with E-state index in [1.165, 1.54) is 20.5 Å². The van der Waals surface area contributed by atoms with Crippen molar-refractivity contribution in [1.29, 1.82) is 0 Å². The predicted octanol–water partition coefficient (Wildman–Crippen LogP) is 7.18. The number of carbonyl (C=O) groups excluding carboxylic acids is 1. The summed E-state index contributed by atoms with van der Waals surface area (Å²) in [4.78, 5) is 15.5. The highest BCUT2D eigenvalue weighted by Crippen LogP contribution is 2.43. The van der Waals surface area contributed by atoms with E-state index in [9.17, 15) is 4.79 Å². The van der Waals surface area contributed by atoms with E-state index in [1.54, 1.807) is 0 Å². The molecule has 4 rings (SSSR count). The molecular weight excluding hydrogens is 388 g/mol. The SMILES string of the molecule is C#CC(C)(OC(=O)c1cccc(-[s+]2c(C)cc3ccccc32)c1)C1CCCC=C1C. The molecule has 3 atom stereocenters. The minimum absolute atomic E-state index is 0.0668. The van der Waals surface area contributed by atoms with Gasteiger partial charge in [-0.25, -0.2) is 4.79 Å². The Balaban J connectivity index is 1.66. The fourth-order valence-electron chi connectivity index (χ4n) is 4.48. The van der Waals surface area contributed by atoms with Gasteiger partial charge in [-0.2, -0.15) is 0 Å². The summed E-state index contributed by atoms with van der Waals surface area (Å²) in [6.07, 6.45) is 11.2. The lowest BCUT2D eigenvalue weighted by molar-refractivity contribution is -0.00496. The molecule has 3 heteroatoms. The van der Waals surface area contributed by atoms with Gasteiger partial charge in [0.15, 0.2) is 20.1 Å². The summed E-state index contributed by atoms with van der Waals surface area (Å²) in [5, 5.41) is 1.26. The number of thiophene rings is 1. The molecule has 0 bridgehead atoms. The highest BCUT2D eigenvalue weighted by molar-refractivity contribution is 7.45. The summed E-state index contributed by atoms with van der Waals surface area (Å²) in [7, 11) is -0.168. The van der Waals surface area contributed by atoms with Crippen molar-refractivity contribution in [2.45, 2.75) is 45.6 Å². The molecule has 0 amide bonds. The van der Waals surface area contributed by atoms with Gasteiger partial charge >= 0.3 is 5.97 Å². The molecule has 1 aliphatic rings. The highest BCUT2D eigenvalue weighted by Gasteiger charge is 2.38. The zero-order valence-electron chi connectivity index (χ0n) is 17.8. The van der Waals surface area contributed by atoms with Gasteiger partial charge in [-0.05, 0) is 57.4 Å². The molecule has 1 aliphatic carbocycles. The molecule has 0 fully saturated rings. The van der Waals surface area contributed by atoms with Crippen LogP contribution in [0.2, 0.25) is 0 Å². The summed E-state index contributed by atoms with van der Waals surface area (Å²) in [6, 6.07) is 18.5. The van der Waals surface area contributed by atoms with Gasteiger partial charge in [0.1, 0.15) is 0 Å². The fourth-order valence-corrected chi connectivity index (χ4v) is 6.74. The van der Waals surface area contributed by atoms with E-state index in [-0.39, 0.29) is 22.4 Å². The molecule has 1 aromatic heterocycles. The molecule has 30 heavy (non-hydrogen) atoms. The van der Waals surface area contributed by atoms with Crippen molar-refractivity contribution in [3.05, 3.63) is 76.7 Å². The number of hydrogen-bond donors (Lipinski definition) is 0. The molecular formula is C27H27O2S+. The van der Waals surface area contributed by atoms with Crippen LogP contribution in [0.5, 0.6) is 0 Å². The summed E-state index contributed by atoms with van der Waals surface area (Å²) in [6.45, 7) is 6.10. The van der Waals surface area contributed by atoms with E-state index in [2.05, 4.69) is 62.2 Å². The van der Waals surface area contributed by atoms with Crippen LogP contribution >= 0.6 is 10.5 Å². The van der Waals surface area contributed by atoms with Crippen molar-refractivity contribution in [3.63, 3.8) is 0 Å². The minimum atomic E-state index is -0.938. The first-order valence-electron chi connectivity index (χ1n) is 10.4. The van der Waals surface area contributed by atoms with Gasteiger partial charge in [0.25, 0.3) is 0 Å². The maximum Gasteiger partial charge on any atom is 0.339 e. The quantitative estimate of drug-likeness (QED) is 0.195. The first-order chi connectivity index (χ1) is 14.4. The first-order valence-corrected chi connectivity index (χ1v) is 11.6. The molecule has 3 aromatic rings. The van der Waals surface area contributed by atoms with E-state index in [1.807, 2.05) is 25.1 Å². The van der Waals surface area contributed by atoms with Crippen LogP contribution in [0.1, 0.15) is 48.3 Å². The van der Waals surface area contributed by atoms with E-state index < -0.39 is 5.60 Å². The smallest absolute Gasteiger partial charge is 0.339 e. The Labute approximate surface area is 181 Å². The zero-order chi connectivity index (χ0) is 21.3. The number of esters is 1. The second-order valence-corrected chi connectivity index (χ2v) is 10.4. The largest absolute Gasteiger partial charge is 0.442 e. The van der Waals surface area contributed by atoms with Crippen LogP contribution in [-0.2, 0) is 4.74 Å². The Hall–Kier alpha value is -2.83. The van der Waals surface area contributed by atoms with E-state index in [4.69, 9.17) is 11.2 Å². The van der Waals surface area contributed by atoms with Gasteiger partial charge in [-0.1, -0.05) is 35.8 Å². The van der Waals surface area contributed by atoms with Crippen LogP contribution < -0.4 is 0 Å². The zero-order valence-corrected chi connectivity index (χ0v) is 18.6. The average Bonchev–Trinajstić information content (AvgIpc) is 3.09. The Morgan fingerprint density at radius 2 is 1.97 bits per heavy atom. The molecule has 0 N–H and O–H groups in total. The predicted molar refractivity (Wildman–Crippen MR) is 126 cm³/mol. The molecule has 152 valence electrons. The van der Waals surface area contributed by atoms with E-state index in [0.717, 1.165) is 24.2 Å². The molecule has 2 aromatic carbocycles. The molecule has 0 saturated heterocycles. The van der Waals surface area contributed by atoms with Crippen molar-refractivity contribution in [2.75, 3.05) is 0 Å². The number of carbonyl (C=O) groups is 1. The fraction of sp³-hybridized carbons (Fsp3) is 0.296. The number of fused-ring (bicyclic) bond motifs is 1. The highest BCUT2D eigenvalue weighted by atomic mass is 32.2. The van der Waals surface area contributed by atoms with Crippen molar-refractivity contribution in [1.82, 2.24) is 0 Å². The average molecular weight is 416 g/mol. The molecule has 1 heterocycles. The number of terminal acetylenes is 1. The monoisotopic (exact) mass is 415 g/mol. The van der Waals surface area contributed by atoms with Crippen LogP contribution in [0.3, 0.4) is 0 Å². The summed E-state index contributed by atoms with van der Waals surface area (Å²) >= 11 is 0. The number of aryl methyl sites for hydroxylation is 1. The lowest BCUT2D eigenvalue weighted by Crippen LogP contribution is -2.40. The maximum atomic E-state index is 13.1. The third-order valence-corrected chi connectivity index (χ3v) is 8.39. The number of hydrogen-bond acceptors (Lipinski definition) is 2. The lowest BCUT2D eigenvalue weighted by atomic mass is 9.77. The molecule has 0 radical (unpaired) electrons. The van der Waals surface area contributed by atoms with E-state index >= 15 is 0 Å². The van der Waals surface area contributed by atoms with Gasteiger partial charge < -0.3 is 4.74 Å². The standard InChI is InChI=1S/C27H27O2S/c1-5-27(4,24-15-8-6-11-19(24)2)29-26(28)22-13-10-14-23(18-22)30-20(3)17-21-12-7-9-16-25(21)30/h1,7,9-14,16-18,24H,6,8,15H2,2-4H3/q+1. The van der Waals surface area contributed by atoms with Gasteiger partial charge in [-0.15, -0.1) is 6.42 Å². The Kier molecular flexibility index (Phi) is 5.54. The Morgan fingerprint density at radius 3 is 2.73 bits per heavy atom. The lowest BCUT2D eigenvalue weighted by Gasteiger charge is -2.35. The van der Waals surface area contributed by atoms with Crippen molar-refractivity contribution >= 4 is 26.5 Å². The first kappa shape index (κ1) is 20.4. The second-order valence-electron chi connectivity index (χ2n) is 8.20. The van der Waals surface area contributed by atoms with Gasteiger partial charge in [0.05, 0.1) is 5.56 Å². The van der Waals surface area contributed by atoms with Crippen molar-refractivity contribution in [2.24, 2.45) is 5.92 Å². The molecule has 2 nitrogen and oxygen atoms in total. The minimum Gasteiger partial charge on any atom is -0.442 e. The maximum absolute atomic E-state index is 13.1. The Morgan fingerprint density at radius 1 is 1.17 bits per heavy atom. The number of benzene rings is 2. The third-order valence-electron chi connectivity index (χ3n) is 6.09. The number of allylic oxidation sites excluding steroid dienone is 1. The topological polar surface area (TPSA) is 26.3 Å². The van der Waals surface area contributed by atoms with Gasteiger partial charge in [-0.3, -0.25) is 0 Å². The third kappa shape index (κ3) is 3.68. The van der Waals surface area contributed by atoms with E-state index in [0.29, 0.717) is 5.56 Å². The summed E-state index contributed by atoms with van der Waals surface area (Å²) < 4.78 is 7.27. The molecule has 0 aliphatic heterocycles. The van der Waals surface area contributed by atoms with Crippen LogP contribution in [0.15, 0.2) is 66.2 Å². The number of ether oxygens (including phenoxy) is 1. The van der Waals surface area contributed by atoms with Crippen LogP contribution in [0.25, 0.3) is 15.0 Å². The summed E-state index contributed by atoms with van der Waals surface area (Å²) in [5.41, 5.74) is 0.829. The van der Waals surface area contributed by atoms with Crippen molar-refractivity contribution in [3.8, 4) is 17.2 Å². The van der Waals surface area contributed by atoms with Crippen LogP contribution in [-0.4, -0.2) is 11.6 Å². The molecule has 0 spiro atoms. The van der Waals surface area contributed by atoms with Gasteiger partial charge in [0.2, 0.25) is 0 Å². The molecule has 0 saturated carbocycles. The number of rotatable bonds is 4. The second kappa shape index (κ2) is 8.13. The summed E-state index contributed by atoms with van der Waals surface area (Å²) in [5.74, 6) is 2.49. The van der Waals surface area contributed by atoms with Gasteiger partial charge in [0, 0.05) is 40.8 Å². The molecule has 3 unspecified atom stereocenters. The normalized spacial score (nSPS) is 18.9. The van der Waals surface area contributed by atoms with Crippen LogP contribution in [0.4, 0.5) is 0 Å². The van der Waals surface area contributed by atoms with Crippen molar-refractivity contribution < 1.29 is 9.53 Å². The Bertz CT molecular complexity index is 1180. The van der Waals surface area contributed by atoms with Crippen LogP contribution in [0, 0.1) is 25.2 Å².